The molecule has 29 heavy (non-hydrogen) atoms. The lowest BCUT2D eigenvalue weighted by atomic mass is 9.84. The van der Waals surface area contributed by atoms with Gasteiger partial charge in [-0.1, -0.05) is 45.0 Å². The maximum Gasteiger partial charge on any atom is 0.191 e. The van der Waals surface area contributed by atoms with Gasteiger partial charge in [0.1, 0.15) is 0 Å². The molecule has 2 N–H and O–H groups in total. The van der Waals surface area contributed by atoms with Gasteiger partial charge < -0.3 is 20.1 Å². The monoisotopic (exact) mass is 517 g/mol. The quantitative estimate of drug-likeness (QED) is 0.212. The van der Waals surface area contributed by atoms with Crippen LogP contribution in [0.2, 0.25) is 0 Å². The van der Waals surface area contributed by atoms with Gasteiger partial charge in [-0.05, 0) is 42.7 Å². The van der Waals surface area contributed by atoms with Crippen LogP contribution >= 0.6 is 24.0 Å². The second-order valence-corrected chi connectivity index (χ2v) is 8.27. The highest BCUT2D eigenvalue weighted by atomic mass is 127. The van der Waals surface area contributed by atoms with Crippen molar-refractivity contribution < 1.29 is 9.47 Å². The summed E-state index contributed by atoms with van der Waals surface area (Å²) in [5, 5.41) is 6.85. The standard InChI is InChI=1S/C23H39N3O2.HI/c1-5-19-7-9-21(10-8-19)23(2,3)18-26-22(24-4)25-13-6-14-28-17-20-11-15-27-16-12-20;/h7-10,20H,5-6,11-18H2,1-4H3,(H2,24,25,26);1H. The summed E-state index contributed by atoms with van der Waals surface area (Å²) in [6, 6.07) is 8.94. The fraction of sp³-hybridized carbons (Fsp3) is 0.696. The number of nitrogens with one attached hydrogen (secondary N) is 2. The van der Waals surface area contributed by atoms with Crippen molar-refractivity contribution in [2.24, 2.45) is 10.9 Å². The van der Waals surface area contributed by atoms with Crippen molar-refractivity contribution in [1.82, 2.24) is 10.6 Å². The van der Waals surface area contributed by atoms with E-state index in [0.29, 0.717) is 5.92 Å². The minimum absolute atomic E-state index is 0. The van der Waals surface area contributed by atoms with E-state index in [1.807, 2.05) is 7.05 Å². The van der Waals surface area contributed by atoms with Gasteiger partial charge in [-0.3, -0.25) is 4.99 Å². The predicted octanol–water partition coefficient (Wildman–Crippen LogP) is 4.14. The fourth-order valence-electron chi connectivity index (χ4n) is 3.36. The van der Waals surface area contributed by atoms with E-state index in [1.165, 1.54) is 11.1 Å². The van der Waals surface area contributed by atoms with Gasteiger partial charge >= 0.3 is 0 Å². The maximum atomic E-state index is 5.82. The number of aryl methyl sites for hydroxylation is 1. The van der Waals surface area contributed by atoms with Gasteiger partial charge in [-0.15, -0.1) is 24.0 Å². The van der Waals surface area contributed by atoms with E-state index in [4.69, 9.17) is 9.47 Å². The first-order valence-corrected chi connectivity index (χ1v) is 10.7. The van der Waals surface area contributed by atoms with Crippen LogP contribution in [0, 0.1) is 5.92 Å². The first kappa shape index (κ1) is 26.2. The van der Waals surface area contributed by atoms with E-state index in [0.717, 1.165) is 71.2 Å². The first-order chi connectivity index (χ1) is 13.5. The van der Waals surface area contributed by atoms with Crippen LogP contribution in [0.1, 0.15) is 51.2 Å². The van der Waals surface area contributed by atoms with Crippen LogP contribution in [-0.4, -0.2) is 52.5 Å². The average molecular weight is 517 g/mol. The lowest BCUT2D eigenvalue weighted by molar-refractivity contribution is 0.0203. The molecule has 1 saturated heterocycles. The Hall–Kier alpha value is -0.860. The molecular weight excluding hydrogens is 477 g/mol. The molecule has 1 fully saturated rings. The van der Waals surface area contributed by atoms with Gasteiger partial charge in [0.25, 0.3) is 0 Å². The zero-order valence-corrected chi connectivity index (χ0v) is 21.0. The van der Waals surface area contributed by atoms with Crippen LogP contribution < -0.4 is 10.6 Å². The Balaban J connectivity index is 0.00000420. The van der Waals surface area contributed by atoms with E-state index >= 15 is 0 Å². The van der Waals surface area contributed by atoms with Crippen LogP contribution in [0.4, 0.5) is 0 Å². The molecule has 1 heterocycles. The molecule has 1 aromatic carbocycles. The Morgan fingerprint density at radius 2 is 1.86 bits per heavy atom. The number of hydrogen-bond acceptors (Lipinski definition) is 3. The Morgan fingerprint density at radius 1 is 1.17 bits per heavy atom. The second kappa shape index (κ2) is 14.2. The number of nitrogens with zero attached hydrogens (tertiary/aromatic N) is 1. The molecule has 0 atom stereocenters. The molecule has 0 unspecified atom stereocenters. The average Bonchev–Trinajstić information content (AvgIpc) is 2.73. The summed E-state index contributed by atoms with van der Waals surface area (Å²) in [5.74, 6) is 1.52. The summed E-state index contributed by atoms with van der Waals surface area (Å²) >= 11 is 0. The van der Waals surface area contributed by atoms with Gasteiger partial charge in [-0.2, -0.15) is 0 Å². The highest BCUT2D eigenvalue weighted by Crippen LogP contribution is 2.22. The largest absolute Gasteiger partial charge is 0.381 e. The number of rotatable bonds is 10. The van der Waals surface area contributed by atoms with Crippen LogP contribution in [0.15, 0.2) is 29.3 Å². The van der Waals surface area contributed by atoms with E-state index in [2.05, 4.69) is 60.7 Å². The van der Waals surface area contributed by atoms with Crippen molar-refractivity contribution in [1.29, 1.82) is 0 Å². The second-order valence-electron chi connectivity index (χ2n) is 8.27. The Morgan fingerprint density at radius 3 is 2.48 bits per heavy atom. The highest BCUT2D eigenvalue weighted by molar-refractivity contribution is 14.0. The third-order valence-corrected chi connectivity index (χ3v) is 5.52. The SMILES string of the molecule is CCc1ccc(C(C)(C)CNC(=NC)NCCCOCC2CCOCC2)cc1.I. The Bertz CT molecular complexity index is 584. The molecular formula is C23H40IN3O2. The molecule has 0 aromatic heterocycles. The number of benzene rings is 1. The van der Waals surface area contributed by atoms with Crippen LogP contribution in [0.3, 0.4) is 0 Å². The highest BCUT2D eigenvalue weighted by Gasteiger charge is 2.20. The number of guanidine groups is 1. The summed E-state index contributed by atoms with van der Waals surface area (Å²) in [6.45, 7) is 11.8. The normalized spacial score (nSPS) is 15.7. The van der Waals surface area contributed by atoms with Crippen LogP contribution in [0.25, 0.3) is 0 Å². The molecule has 0 radical (unpaired) electrons. The third kappa shape index (κ3) is 9.66. The van der Waals surface area contributed by atoms with E-state index in [1.54, 1.807) is 0 Å². The summed E-state index contributed by atoms with van der Waals surface area (Å²) in [6.07, 6.45) is 4.32. The molecule has 0 aliphatic carbocycles. The topological polar surface area (TPSA) is 54.9 Å². The summed E-state index contributed by atoms with van der Waals surface area (Å²) in [5.41, 5.74) is 2.76. The van der Waals surface area contributed by atoms with Gasteiger partial charge in [0.2, 0.25) is 0 Å². The summed E-state index contributed by atoms with van der Waals surface area (Å²) in [4.78, 5) is 4.34. The lowest BCUT2D eigenvalue weighted by Gasteiger charge is -2.27. The van der Waals surface area contributed by atoms with Gasteiger partial charge in [0, 0.05) is 52.0 Å². The molecule has 0 bridgehead atoms. The number of aliphatic imine (C=N–C) groups is 1. The minimum atomic E-state index is 0. The molecule has 5 nitrogen and oxygen atoms in total. The Kier molecular flexibility index (Phi) is 12.8. The van der Waals surface area contributed by atoms with Crippen LogP contribution in [0.5, 0.6) is 0 Å². The first-order valence-electron chi connectivity index (χ1n) is 10.7. The zero-order chi connectivity index (χ0) is 20.2. The van der Waals surface area contributed by atoms with Gasteiger partial charge in [-0.25, -0.2) is 0 Å². The molecule has 166 valence electrons. The molecule has 0 amide bonds. The summed E-state index contributed by atoms with van der Waals surface area (Å²) in [7, 11) is 1.82. The van der Waals surface area contributed by atoms with Crippen molar-refractivity contribution in [2.75, 3.05) is 46.6 Å². The third-order valence-electron chi connectivity index (χ3n) is 5.52. The van der Waals surface area contributed by atoms with E-state index in [-0.39, 0.29) is 29.4 Å². The van der Waals surface area contributed by atoms with Crippen molar-refractivity contribution in [3.8, 4) is 0 Å². The van der Waals surface area contributed by atoms with Gasteiger partial charge in [0.05, 0.1) is 0 Å². The van der Waals surface area contributed by atoms with E-state index < -0.39 is 0 Å². The molecule has 0 saturated carbocycles. The molecule has 6 heteroatoms. The predicted molar refractivity (Wildman–Crippen MR) is 133 cm³/mol. The molecule has 1 aliphatic heterocycles. The van der Waals surface area contributed by atoms with Crippen LogP contribution in [-0.2, 0) is 21.3 Å². The smallest absolute Gasteiger partial charge is 0.191 e. The van der Waals surface area contributed by atoms with Gasteiger partial charge in [0.15, 0.2) is 5.96 Å². The number of hydrogen-bond donors (Lipinski definition) is 2. The number of halogens is 1. The maximum absolute atomic E-state index is 5.82. The molecule has 1 aromatic rings. The number of ether oxygens (including phenoxy) is 2. The fourth-order valence-corrected chi connectivity index (χ4v) is 3.36. The summed E-state index contributed by atoms with van der Waals surface area (Å²) < 4.78 is 11.2. The van der Waals surface area contributed by atoms with Crippen molar-refractivity contribution in [3.63, 3.8) is 0 Å². The van der Waals surface area contributed by atoms with E-state index in [9.17, 15) is 0 Å². The van der Waals surface area contributed by atoms with Crippen molar-refractivity contribution >= 4 is 29.9 Å². The lowest BCUT2D eigenvalue weighted by Crippen LogP contribution is -2.43. The molecule has 0 spiro atoms. The molecule has 1 aliphatic rings. The van der Waals surface area contributed by atoms with Crippen molar-refractivity contribution in [3.05, 3.63) is 35.4 Å². The van der Waals surface area contributed by atoms with Crippen molar-refractivity contribution in [2.45, 2.75) is 51.9 Å². The minimum Gasteiger partial charge on any atom is -0.381 e. The zero-order valence-electron chi connectivity index (χ0n) is 18.6. The Labute approximate surface area is 194 Å². The molecule has 2 rings (SSSR count).